The predicted octanol–water partition coefficient (Wildman–Crippen LogP) is 8.29. The normalized spacial score (nSPS) is 12.5. The van der Waals surface area contributed by atoms with Crippen LogP contribution >= 0.6 is 11.6 Å². The van der Waals surface area contributed by atoms with E-state index in [0.717, 1.165) is 17.9 Å². The van der Waals surface area contributed by atoms with Crippen LogP contribution in [0, 0.1) is 0 Å². The van der Waals surface area contributed by atoms with Crippen molar-refractivity contribution in [1.82, 2.24) is 0 Å². The van der Waals surface area contributed by atoms with E-state index in [4.69, 9.17) is 11.6 Å². The summed E-state index contributed by atoms with van der Waals surface area (Å²) < 4.78 is 0. The molecule has 0 aromatic heterocycles. The lowest BCUT2D eigenvalue weighted by Gasteiger charge is -2.21. The van der Waals surface area contributed by atoms with Gasteiger partial charge in [0.2, 0.25) is 0 Å². The van der Waals surface area contributed by atoms with Crippen LogP contribution in [0.2, 0.25) is 5.02 Å². The smallest absolute Gasteiger partial charge is 0.0406 e. The zero-order chi connectivity index (χ0) is 19.3. The molecule has 1 aliphatic carbocycles. The van der Waals surface area contributed by atoms with Crippen molar-refractivity contribution in [3.8, 4) is 22.3 Å². The summed E-state index contributed by atoms with van der Waals surface area (Å²) in [6.07, 6.45) is 10.3. The van der Waals surface area contributed by atoms with Gasteiger partial charge in [-0.05, 0) is 76.8 Å². The average Bonchev–Trinajstić information content (AvgIpc) is 2.73. The zero-order valence-corrected chi connectivity index (χ0v) is 17.6. The Morgan fingerprint density at radius 3 is 2.07 bits per heavy atom. The number of aryl methyl sites for hydroxylation is 3. The van der Waals surface area contributed by atoms with Gasteiger partial charge >= 0.3 is 0 Å². The van der Waals surface area contributed by atoms with Crippen LogP contribution in [0.5, 0.6) is 0 Å². The van der Waals surface area contributed by atoms with E-state index < -0.39 is 0 Å². The fraction of sp³-hybridized carbons (Fsp3) is 0.333. The predicted molar refractivity (Wildman–Crippen MR) is 122 cm³/mol. The van der Waals surface area contributed by atoms with Crippen molar-refractivity contribution in [2.24, 2.45) is 0 Å². The van der Waals surface area contributed by atoms with Crippen molar-refractivity contribution in [2.75, 3.05) is 0 Å². The fourth-order valence-corrected chi connectivity index (χ4v) is 4.49. The summed E-state index contributed by atoms with van der Waals surface area (Å²) in [4.78, 5) is 0. The van der Waals surface area contributed by atoms with Gasteiger partial charge < -0.3 is 0 Å². The second kappa shape index (κ2) is 8.97. The third kappa shape index (κ3) is 4.33. The molecule has 3 aromatic carbocycles. The second-order valence-electron chi connectivity index (χ2n) is 8.03. The van der Waals surface area contributed by atoms with Gasteiger partial charge in [0.1, 0.15) is 0 Å². The Hall–Kier alpha value is -2.05. The van der Waals surface area contributed by atoms with E-state index in [2.05, 4.69) is 55.5 Å². The van der Waals surface area contributed by atoms with E-state index in [1.54, 1.807) is 0 Å². The standard InChI is InChI=1S/C27H29Cl/c1-2-3-4-5-6-7-20-8-16-26-23(18-20)9-10-24-19-22(13-17-27(24)26)21-11-14-25(28)15-12-21/h8,11-19H,2-7,9-10H2,1H3. The summed E-state index contributed by atoms with van der Waals surface area (Å²) in [5, 5.41) is 0.789. The van der Waals surface area contributed by atoms with Crippen molar-refractivity contribution in [2.45, 2.75) is 58.3 Å². The van der Waals surface area contributed by atoms with Crippen LogP contribution in [-0.4, -0.2) is 0 Å². The largest absolute Gasteiger partial charge is 0.0843 e. The highest BCUT2D eigenvalue weighted by atomic mass is 35.5. The van der Waals surface area contributed by atoms with E-state index in [1.807, 2.05) is 12.1 Å². The van der Waals surface area contributed by atoms with Crippen LogP contribution in [0.15, 0.2) is 60.7 Å². The van der Waals surface area contributed by atoms with Gasteiger partial charge in [-0.1, -0.05) is 92.7 Å². The highest BCUT2D eigenvalue weighted by Crippen LogP contribution is 2.36. The lowest BCUT2D eigenvalue weighted by Crippen LogP contribution is -2.05. The molecule has 4 rings (SSSR count). The SMILES string of the molecule is CCCCCCCc1ccc2c(c1)CCc1cc(-c3ccc(Cl)cc3)ccc1-2. The molecule has 0 unspecified atom stereocenters. The Kier molecular flexibility index (Phi) is 6.17. The minimum absolute atomic E-state index is 0.789. The fourth-order valence-electron chi connectivity index (χ4n) is 4.36. The average molecular weight is 389 g/mol. The van der Waals surface area contributed by atoms with Crippen molar-refractivity contribution < 1.29 is 0 Å². The van der Waals surface area contributed by atoms with Crippen LogP contribution in [0.3, 0.4) is 0 Å². The van der Waals surface area contributed by atoms with Crippen LogP contribution < -0.4 is 0 Å². The Labute approximate surface area is 174 Å². The molecule has 0 atom stereocenters. The summed E-state index contributed by atoms with van der Waals surface area (Å²) in [6.45, 7) is 2.28. The van der Waals surface area contributed by atoms with Gasteiger partial charge in [-0.2, -0.15) is 0 Å². The third-order valence-corrected chi connectivity index (χ3v) is 6.23. The molecule has 3 aromatic rings. The maximum Gasteiger partial charge on any atom is 0.0406 e. The first kappa shape index (κ1) is 19.3. The lowest BCUT2D eigenvalue weighted by molar-refractivity contribution is 0.632. The molecular formula is C27H29Cl. The first-order valence-corrected chi connectivity index (χ1v) is 11.1. The van der Waals surface area contributed by atoms with E-state index in [1.165, 1.54) is 77.5 Å². The molecule has 0 saturated carbocycles. The molecule has 1 aliphatic rings. The molecule has 0 bridgehead atoms. The van der Waals surface area contributed by atoms with Crippen molar-refractivity contribution >= 4 is 11.6 Å². The van der Waals surface area contributed by atoms with E-state index in [9.17, 15) is 0 Å². The number of unbranched alkanes of at least 4 members (excludes halogenated alkanes) is 4. The highest BCUT2D eigenvalue weighted by molar-refractivity contribution is 6.30. The maximum atomic E-state index is 6.04. The van der Waals surface area contributed by atoms with Crippen molar-refractivity contribution in [3.63, 3.8) is 0 Å². The van der Waals surface area contributed by atoms with E-state index in [0.29, 0.717) is 0 Å². The molecule has 0 saturated heterocycles. The summed E-state index contributed by atoms with van der Waals surface area (Å²) in [6, 6.07) is 22.2. The number of hydrogen-bond donors (Lipinski definition) is 0. The van der Waals surface area contributed by atoms with Gasteiger partial charge in [0.05, 0.1) is 0 Å². The number of benzene rings is 3. The molecule has 0 radical (unpaired) electrons. The van der Waals surface area contributed by atoms with Crippen LogP contribution in [0.1, 0.15) is 55.7 Å². The van der Waals surface area contributed by atoms with Crippen molar-refractivity contribution in [3.05, 3.63) is 82.4 Å². The van der Waals surface area contributed by atoms with Gasteiger partial charge in [-0.15, -0.1) is 0 Å². The summed E-state index contributed by atoms with van der Waals surface area (Å²) in [7, 11) is 0. The maximum absolute atomic E-state index is 6.04. The van der Waals surface area contributed by atoms with E-state index >= 15 is 0 Å². The number of halogens is 1. The topological polar surface area (TPSA) is 0 Å². The van der Waals surface area contributed by atoms with Gasteiger partial charge in [0, 0.05) is 5.02 Å². The molecule has 0 fully saturated rings. The molecule has 0 amide bonds. The monoisotopic (exact) mass is 388 g/mol. The Balaban J connectivity index is 1.52. The molecule has 0 heterocycles. The van der Waals surface area contributed by atoms with Gasteiger partial charge in [-0.3, -0.25) is 0 Å². The number of rotatable bonds is 7. The molecule has 28 heavy (non-hydrogen) atoms. The second-order valence-corrected chi connectivity index (χ2v) is 8.47. The lowest BCUT2D eigenvalue weighted by atomic mass is 9.83. The molecule has 0 aliphatic heterocycles. The molecular weight excluding hydrogens is 360 g/mol. The van der Waals surface area contributed by atoms with Gasteiger partial charge in [0.25, 0.3) is 0 Å². The third-order valence-electron chi connectivity index (χ3n) is 5.98. The van der Waals surface area contributed by atoms with E-state index in [-0.39, 0.29) is 0 Å². The quantitative estimate of drug-likeness (QED) is 0.357. The van der Waals surface area contributed by atoms with Crippen LogP contribution in [0.25, 0.3) is 22.3 Å². The van der Waals surface area contributed by atoms with Gasteiger partial charge in [-0.25, -0.2) is 0 Å². The molecule has 0 nitrogen and oxygen atoms in total. The molecule has 0 spiro atoms. The minimum Gasteiger partial charge on any atom is -0.0843 e. The Morgan fingerprint density at radius 1 is 0.679 bits per heavy atom. The number of fused-ring (bicyclic) bond motifs is 3. The molecule has 0 N–H and O–H groups in total. The first-order valence-electron chi connectivity index (χ1n) is 10.8. The zero-order valence-electron chi connectivity index (χ0n) is 16.8. The van der Waals surface area contributed by atoms with Crippen molar-refractivity contribution in [1.29, 1.82) is 0 Å². The van der Waals surface area contributed by atoms with Gasteiger partial charge in [0.15, 0.2) is 0 Å². The van der Waals surface area contributed by atoms with Crippen LogP contribution in [-0.2, 0) is 19.3 Å². The van der Waals surface area contributed by atoms with Crippen LogP contribution in [0.4, 0.5) is 0 Å². The summed E-state index contributed by atoms with van der Waals surface area (Å²) in [5.41, 5.74) is 9.85. The summed E-state index contributed by atoms with van der Waals surface area (Å²) in [5.74, 6) is 0. The Morgan fingerprint density at radius 2 is 1.32 bits per heavy atom. The minimum atomic E-state index is 0.789. The molecule has 1 heteroatoms. The first-order chi connectivity index (χ1) is 13.7. The highest BCUT2D eigenvalue weighted by Gasteiger charge is 2.17. The molecule has 144 valence electrons. The number of hydrogen-bond acceptors (Lipinski definition) is 0. The Bertz CT molecular complexity index is 937. The summed E-state index contributed by atoms with van der Waals surface area (Å²) >= 11 is 6.04.